The predicted octanol–water partition coefficient (Wildman–Crippen LogP) is 2.86. The highest BCUT2D eigenvalue weighted by Crippen LogP contribution is 2.28. The van der Waals surface area contributed by atoms with Crippen LogP contribution in [-0.2, 0) is 14.3 Å². The van der Waals surface area contributed by atoms with Gasteiger partial charge in [-0.25, -0.2) is 4.79 Å². The minimum absolute atomic E-state index is 0.168. The summed E-state index contributed by atoms with van der Waals surface area (Å²) >= 11 is 0. The Kier molecular flexibility index (Phi) is 5.89. The molecule has 0 aliphatic carbocycles. The number of amides is 2. The molecule has 2 fully saturated rings. The number of para-hydroxylation sites is 2. The van der Waals surface area contributed by atoms with Crippen LogP contribution in [0, 0.1) is 0 Å². The summed E-state index contributed by atoms with van der Waals surface area (Å²) in [4.78, 5) is 29.1. The van der Waals surface area contributed by atoms with Gasteiger partial charge in [0, 0.05) is 19.6 Å². The van der Waals surface area contributed by atoms with Crippen LogP contribution in [0.4, 0.5) is 16.2 Å². The summed E-state index contributed by atoms with van der Waals surface area (Å²) in [5.41, 5.74) is 1.17. The molecule has 2 heterocycles. The van der Waals surface area contributed by atoms with E-state index in [1.54, 1.807) is 0 Å². The number of carbonyl (C=O) groups is 2. The van der Waals surface area contributed by atoms with Gasteiger partial charge in [0.2, 0.25) is 5.91 Å². The number of anilines is 2. The highest BCUT2D eigenvalue weighted by atomic mass is 16.6. The molecule has 0 radical (unpaired) electrons. The van der Waals surface area contributed by atoms with Crippen LogP contribution in [0.1, 0.15) is 33.6 Å². The van der Waals surface area contributed by atoms with E-state index in [0.717, 1.165) is 30.9 Å². The molecule has 2 amide bonds. The molecule has 27 heavy (non-hydrogen) atoms. The van der Waals surface area contributed by atoms with Crippen LogP contribution in [0.15, 0.2) is 24.3 Å². The Morgan fingerprint density at radius 2 is 1.85 bits per heavy atom. The third-order valence-electron chi connectivity index (χ3n) is 4.70. The van der Waals surface area contributed by atoms with Gasteiger partial charge in [0.05, 0.1) is 24.6 Å². The standard InChI is InChI=1S/C20H29N3O4/c1-20(2,3)27-19(25)23-10-6-9-17(23)18(24)21-15-7-4-5-8-16(15)22-11-13-26-14-12-22/h4-5,7-8,17H,6,9-14H2,1-3H3,(H,21,24). The normalized spacial score (nSPS) is 20.5. The highest BCUT2D eigenvalue weighted by molar-refractivity contribution is 5.99. The van der Waals surface area contributed by atoms with E-state index in [4.69, 9.17) is 9.47 Å². The molecule has 2 saturated heterocycles. The quantitative estimate of drug-likeness (QED) is 0.880. The first-order valence-electron chi connectivity index (χ1n) is 9.57. The maximum Gasteiger partial charge on any atom is 0.410 e. The summed E-state index contributed by atoms with van der Waals surface area (Å²) in [6.45, 7) is 8.96. The molecule has 7 nitrogen and oxygen atoms in total. The third-order valence-corrected chi connectivity index (χ3v) is 4.70. The molecule has 0 saturated carbocycles. The lowest BCUT2D eigenvalue weighted by Crippen LogP contribution is -2.45. The first kappa shape index (κ1) is 19.5. The average Bonchev–Trinajstić information content (AvgIpc) is 3.12. The molecule has 1 aromatic rings. The lowest BCUT2D eigenvalue weighted by atomic mass is 10.1. The Balaban J connectivity index is 1.70. The molecule has 148 valence electrons. The zero-order chi connectivity index (χ0) is 19.4. The van der Waals surface area contributed by atoms with Crippen molar-refractivity contribution >= 4 is 23.4 Å². The van der Waals surface area contributed by atoms with E-state index in [9.17, 15) is 9.59 Å². The molecule has 0 bridgehead atoms. The number of likely N-dealkylation sites (tertiary alicyclic amines) is 1. The van der Waals surface area contributed by atoms with Crippen LogP contribution >= 0.6 is 0 Å². The fourth-order valence-corrected chi connectivity index (χ4v) is 3.45. The fourth-order valence-electron chi connectivity index (χ4n) is 3.45. The number of hydrogen-bond donors (Lipinski definition) is 1. The van der Waals surface area contributed by atoms with E-state index < -0.39 is 17.7 Å². The van der Waals surface area contributed by atoms with Gasteiger partial charge in [-0.3, -0.25) is 9.69 Å². The van der Waals surface area contributed by atoms with Crippen LogP contribution in [0.3, 0.4) is 0 Å². The van der Waals surface area contributed by atoms with Crippen LogP contribution in [0.5, 0.6) is 0 Å². The molecular formula is C20H29N3O4. The molecule has 0 aromatic heterocycles. The van der Waals surface area contributed by atoms with Gasteiger partial charge in [-0.15, -0.1) is 0 Å². The van der Waals surface area contributed by atoms with Crippen LogP contribution in [-0.4, -0.2) is 61.4 Å². The molecule has 2 aliphatic rings. The second-order valence-electron chi connectivity index (χ2n) is 7.94. The number of nitrogens with zero attached hydrogens (tertiary/aromatic N) is 2. The number of morpholine rings is 1. The van der Waals surface area contributed by atoms with Crippen molar-refractivity contribution in [3.63, 3.8) is 0 Å². The van der Waals surface area contributed by atoms with E-state index in [-0.39, 0.29) is 5.91 Å². The highest BCUT2D eigenvalue weighted by Gasteiger charge is 2.36. The number of hydrogen-bond acceptors (Lipinski definition) is 5. The Morgan fingerprint density at radius 1 is 1.15 bits per heavy atom. The zero-order valence-corrected chi connectivity index (χ0v) is 16.4. The van der Waals surface area contributed by atoms with Crippen LogP contribution in [0.2, 0.25) is 0 Å². The fraction of sp³-hybridized carbons (Fsp3) is 0.600. The van der Waals surface area contributed by atoms with Gasteiger partial charge in [-0.1, -0.05) is 12.1 Å². The second kappa shape index (κ2) is 8.17. The van der Waals surface area contributed by atoms with E-state index >= 15 is 0 Å². The summed E-state index contributed by atoms with van der Waals surface area (Å²) in [6.07, 6.45) is 1.01. The Labute approximate surface area is 160 Å². The molecule has 2 aliphatic heterocycles. The van der Waals surface area contributed by atoms with Crippen LogP contribution < -0.4 is 10.2 Å². The average molecular weight is 375 g/mol. The molecule has 7 heteroatoms. The third kappa shape index (κ3) is 4.91. The molecule has 3 rings (SSSR count). The number of carbonyl (C=O) groups excluding carboxylic acids is 2. The molecule has 1 aromatic carbocycles. The number of benzene rings is 1. The summed E-state index contributed by atoms with van der Waals surface area (Å²) in [5, 5.41) is 3.03. The zero-order valence-electron chi connectivity index (χ0n) is 16.4. The summed E-state index contributed by atoms with van der Waals surface area (Å²) in [7, 11) is 0. The Bertz CT molecular complexity index is 680. The van der Waals surface area contributed by atoms with Crippen molar-refractivity contribution in [3.8, 4) is 0 Å². The van der Waals surface area contributed by atoms with Crippen molar-refractivity contribution in [1.82, 2.24) is 4.90 Å². The maximum absolute atomic E-state index is 12.9. The van der Waals surface area contributed by atoms with Gasteiger partial charge in [0.15, 0.2) is 0 Å². The van der Waals surface area contributed by atoms with Gasteiger partial charge >= 0.3 is 6.09 Å². The van der Waals surface area contributed by atoms with Gasteiger partial charge in [-0.05, 0) is 45.7 Å². The minimum atomic E-state index is -0.580. The predicted molar refractivity (Wildman–Crippen MR) is 104 cm³/mol. The van der Waals surface area contributed by atoms with Crippen molar-refractivity contribution in [1.29, 1.82) is 0 Å². The maximum atomic E-state index is 12.9. The van der Waals surface area contributed by atoms with Gasteiger partial charge in [0.1, 0.15) is 11.6 Å². The van der Waals surface area contributed by atoms with Gasteiger partial charge < -0.3 is 19.7 Å². The van der Waals surface area contributed by atoms with Crippen molar-refractivity contribution in [2.24, 2.45) is 0 Å². The summed E-state index contributed by atoms with van der Waals surface area (Å²) in [6, 6.07) is 7.26. The van der Waals surface area contributed by atoms with Crippen molar-refractivity contribution in [3.05, 3.63) is 24.3 Å². The van der Waals surface area contributed by atoms with E-state index in [1.807, 2.05) is 45.0 Å². The number of rotatable bonds is 3. The molecule has 0 spiro atoms. The van der Waals surface area contributed by atoms with Gasteiger partial charge in [0.25, 0.3) is 0 Å². The van der Waals surface area contributed by atoms with E-state index in [1.165, 1.54) is 4.90 Å². The summed E-state index contributed by atoms with van der Waals surface area (Å²) in [5.74, 6) is -0.168. The van der Waals surface area contributed by atoms with Crippen molar-refractivity contribution in [2.75, 3.05) is 43.1 Å². The number of ether oxygens (including phenoxy) is 2. The summed E-state index contributed by atoms with van der Waals surface area (Å²) < 4.78 is 10.9. The molecule has 1 atom stereocenters. The first-order chi connectivity index (χ1) is 12.8. The lowest BCUT2D eigenvalue weighted by Gasteiger charge is -2.31. The Morgan fingerprint density at radius 3 is 2.56 bits per heavy atom. The smallest absolute Gasteiger partial charge is 0.410 e. The lowest BCUT2D eigenvalue weighted by molar-refractivity contribution is -0.120. The van der Waals surface area contributed by atoms with Crippen LogP contribution in [0.25, 0.3) is 0 Å². The molecular weight excluding hydrogens is 346 g/mol. The SMILES string of the molecule is CC(C)(C)OC(=O)N1CCCC1C(=O)Nc1ccccc1N1CCOCC1. The topological polar surface area (TPSA) is 71.1 Å². The first-order valence-corrected chi connectivity index (χ1v) is 9.57. The van der Waals surface area contributed by atoms with E-state index in [0.29, 0.717) is 26.2 Å². The largest absolute Gasteiger partial charge is 0.444 e. The van der Waals surface area contributed by atoms with E-state index in [2.05, 4.69) is 10.2 Å². The minimum Gasteiger partial charge on any atom is -0.444 e. The number of nitrogens with one attached hydrogen (secondary N) is 1. The molecule has 1 N–H and O–H groups in total. The monoisotopic (exact) mass is 375 g/mol. The van der Waals surface area contributed by atoms with Crippen molar-refractivity contribution < 1.29 is 19.1 Å². The molecule has 1 unspecified atom stereocenters. The Hall–Kier alpha value is -2.28. The van der Waals surface area contributed by atoms with Crippen molar-refractivity contribution in [2.45, 2.75) is 45.3 Å². The van der Waals surface area contributed by atoms with Gasteiger partial charge in [-0.2, -0.15) is 0 Å². The second-order valence-corrected chi connectivity index (χ2v) is 7.94.